The van der Waals surface area contributed by atoms with Crippen LogP contribution in [0.15, 0.2) is 54.7 Å². The Bertz CT molecular complexity index is 996. The molecular formula is C21H23N3O4. The van der Waals surface area contributed by atoms with Crippen LogP contribution in [0.2, 0.25) is 0 Å². The molecule has 7 nitrogen and oxygen atoms in total. The molecule has 3 rings (SSSR count). The Morgan fingerprint density at radius 1 is 1.18 bits per heavy atom. The average Bonchev–Trinajstić information content (AvgIpc) is 3.03. The summed E-state index contributed by atoms with van der Waals surface area (Å²) in [5.74, 6) is -0.608. The van der Waals surface area contributed by atoms with E-state index in [1.165, 1.54) is 6.07 Å². The summed E-state index contributed by atoms with van der Waals surface area (Å²) < 4.78 is 6.95. The van der Waals surface area contributed by atoms with E-state index in [1.807, 2.05) is 42.1 Å². The summed E-state index contributed by atoms with van der Waals surface area (Å²) in [6.45, 7) is 0.810. The predicted octanol–water partition coefficient (Wildman–Crippen LogP) is 3.37. The number of nitro benzene ring substituents is 1. The molecule has 0 radical (unpaired) electrons. The van der Waals surface area contributed by atoms with Crippen LogP contribution in [-0.2, 0) is 16.6 Å². The van der Waals surface area contributed by atoms with Crippen LogP contribution in [0.1, 0.15) is 23.5 Å². The largest absolute Gasteiger partial charge is 0.383 e. The zero-order valence-corrected chi connectivity index (χ0v) is 15.9. The van der Waals surface area contributed by atoms with Gasteiger partial charge in [0.05, 0.1) is 11.5 Å². The van der Waals surface area contributed by atoms with E-state index in [2.05, 4.69) is 5.32 Å². The quantitative estimate of drug-likeness (QED) is 0.368. The Balaban J connectivity index is 2.07. The molecule has 1 aromatic heterocycles. The van der Waals surface area contributed by atoms with Crippen LogP contribution in [0.25, 0.3) is 10.9 Å². The van der Waals surface area contributed by atoms with E-state index in [4.69, 9.17) is 4.74 Å². The third-order valence-electron chi connectivity index (χ3n) is 4.83. The lowest BCUT2D eigenvalue weighted by atomic mass is 9.87. The Morgan fingerprint density at radius 3 is 2.64 bits per heavy atom. The van der Waals surface area contributed by atoms with Gasteiger partial charge in [0.2, 0.25) is 5.91 Å². The van der Waals surface area contributed by atoms with Gasteiger partial charge in [0.25, 0.3) is 5.69 Å². The second-order valence-corrected chi connectivity index (χ2v) is 6.63. The van der Waals surface area contributed by atoms with Crippen LogP contribution in [0.3, 0.4) is 0 Å². The maximum Gasteiger partial charge on any atom is 0.273 e. The molecule has 1 atom stereocenters. The molecule has 0 unspecified atom stereocenters. The van der Waals surface area contributed by atoms with Crippen molar-refractivity contribution in [2.45, 2.75) is 12.3 Å². The number of carbonyl (C=O) groups is 1. The van der Waals surface area contributed by atoms with E-state index in [0.29, 0.717) is 18.7 Å². The van der Waals surface area contributed by atoms with E-state index >= 15 is 0 Å². The molecule has 2 aromatic carbocycles. The Hall–Kier alpha value is -3.19. The molecule has 0 saturated carbocycles. The molecular weight excluding hydrogens is 358 g/mol. The molecule has 0 aliphatic rings. The van der Waals surface area contributed by atoms with E-state index in [9.17, 15) is 14.9 Å². The number of carbonyl (C=O) groups excluding carboxylic acids is 1. The van der Waals surface area contributed by atoms with Crippen LogP contribution in [0.4, 0.5) is 5.69 Å². The van der Waals surface area contributed by atoms with Gasteiger partial charge in [-0.05, 0) is 11.6 Å². The number of hydrogen-bond donors (Lipinski definition) is 1. The van der Waals surface area contributed by atoms with Gasteiger partial charge in [-0.1, -0.05) is 36.4 Å². The van der Waals surface area contributed by atoms with Crippen molar-refractivity contribution < 1.29 is 14.5 Å². The number of nitrogens with zero attached hydrogens (tertiary/aromatic N) is 2. The number of nitrogens with one attached hydrogen (secondary N) is 1. The number of aromatic nitrogens is 1. The van der Waals surface area contributed by atoms with Gasteiger partial charge in [-0.2, -0.15) is 0 Å². The van der Waals surface area contributed by atoms with Crippen molar-refractivity contribution in [3.05, 3.63) is 76.0 Å². The summed E-state index contributed by atoms with van der Waals surface area (Å²) in [6.07, 6.45) is 2.07. The Labute approximate surface area is 163 Å². The highest BCUT2D eigenvalue weighted by Crippen LogP contribution is 2.38. The zero-order chi connectivity index (χ0) is 20.1. The fourth-order valence-electron chi connectivity index (χ4n) is 3.54. The number of aryl methyl sites for hydroxylation is 1. The summed E-state index contributed by atoms with van der Waals surface area (Å²) in [6, 6.07) is 14.5. The summed E-state index contributed by atoms with van der Waals surface area (Å²) in [5, 5.41) is 15.4. The summed E-state index contributed by atoms with van der Waals surface area (Å²) in [7, 11) is 3.50. The van der Waals surface area contributed by atoms with Crippen LogP contribution >= 0.6 is 0 Å². The molecule has 0 fully saturated rings. The molecule has 0 saturated heterocycles. The monoisotopic (exact) mass is 381 g/mol. The molecule has 7 heteroatoms. The minimum absolute atomic E-state index is 0.0186. The summed E-state index contributed by atoms with van der Waals surface area (Å²) in [4.78, 5) is 23.8. The van der Waals surface area contributed by atoms with Gasteiger partial charge >= 0.3 is 0 Å². The van der Waals surface area contributed by atoms with Crippen LogP contribution in [0.5, 0.6) is 0 Å². The second-order valence-electron chi connectivity index (χ2n) is 6.63. The molecule has 1 N–H and O–H groups in total. The van der Waals surface area contributed by atoms with E-state index < -0.39 is 10.8 Å². The standard InChI is InChI=1S/C21H23N3O4/c1-23-14-18(16-8-3-5-9-19(16)23)17(13-21(25)22-11-12-28-2)15-7-4-6-10-20(15)24(26)27/h3-10,14,17H,11-13H2,1-2H3,(H,22,25)/t17-/m1/s1. The first kappa shape index (κ1) is 19.6. The third-order valence-corrected chi connectivity index (χ3v) is 4.83. The molecule has 28 heavy (non-hydrogen) atoms. The number of para-hydroxylation sites is 2. The summed E-state index contributed by atoms with van der Waals surface area (Å²) in [5.41, 5.74) is 2.46. The van der Waals surface area contributed by atoms with Gasteiger partial charge in [-0.3, -0.25) is 14.9 Å². The second kappa shape index (κ2) is 8.67. The van der Waals surface area contributed by atoms with Gasteiger partial charge in [-0.25, -0.2) is 0 Å². The highest BCUT2D eigenvalue weighted by Gasteiger charge is 2.27. The minimum atomic E-state index is -0.435. The van der Waals surface area contributed by atoms with Crippen molar-refractivity contribution in [2.24, 2.45) is 7.05 Å². The molecule has 0 bridgehead atoms. The van der Waals surface area contributed by atoms with Crippen molar-refractivity contribution in [2.75, 3.05) is 20.3 Å². The normalized spacial score (nSPS) is 12.1. The number of methoxy groups -OCH3 is 1. The highest BCUT2D eigenvalue weighted by molar-refractivity contribution is 5.87. The van der Waals surface area contributed by atoms with Gasteiger partial charge < -0.3 is 14.6 Å². The molecule has 0 aliphatic heterocycles. The van der Waals surface area contributed by atoms with Crippen molar-refractivity contribution in [3.63, 3.8) is 0 Å². The molecule has 0 spiro atoms. The van der Waals surface area contributed by atoms with Crippen molar-refractivity contribution in [1.82, 2.24) is 9.88 Å². The topological polar surface area (TPSA) is 86.4 Å². The van der Waals surface area contributed by atoms with Gasteiger partial charge in [0.1, 0.15) is 0 Å². The molecule has 146 valence electrons. The minimum Gasteiger partial charge on any atom is -0.383 e. The molecule has 1 amide bonds. The lowest BCUT2D eigenvalue weighted by Gasteiger charge is -2.17. The van der Waals surface area contributed by atoms with Crippen molar-refractivity contribution in [1.29, 1.82) is 0 Å². The van der Waals surface area contributed by atoms with Crippen molar-refractivity contribution in [3.8, 4) is 0 Å². The number of hydrogen-bond acceptors (Lipinski definition) is 4. The molecule has 3 aromatic rings. The number of fused-ring (bicyclic) bond motifs is 1. The first-order chi connectivity index (χ1) is 13.5. The SMILES string of the molecule is COCCNC(=O)C[C@H](c1ccccc1[N+](=O)[O-])c1cn(C)c2ccccc12. The van der Waals surface area contributed by atoms with Crippen LogP contribution in [-0.4, -0.2) is 35.7 Å². The smallest absolute Gasteiger partial charge is 0.273 e. The first-order valence-electron chi connectivity index (χ1n) is 9.05. The number of benzene rings is 2. The lowest BCUT2D eigenvalue weighted by Crippen LogP contribution is -2.28. The number of rotatable bonds is 8. The van der Waals surface area contributed by atoms with E-state index in [1.54, 1.807) is 25.3 Å². The average molecular weight is 381 g/mol. The van der Waals surface area contributed by atoms with E-state index in [0.717, 1.165) is 16.5 Å². The highest BCUT2D eigenvalue weighted by atomic mass is 16.6. The Morgan fingerprint density at radius 2 is 1.89 bits per heavy atom. The van der Waals surface area contributed by atoms with Gasteiger partial charge in [0.15, 0.2) is 0 Å². The maximum absolute atomic E-state index is 12.6. The fraction of sp³-hybridized carbons (Fsp3) is 0.286. The molecule has 0 aliphatic carbocycles. The van der Waals surface area contributed by atoms with E-state index in [-0.39, 0.29) is 18.0 Å². The third kappa shape index (κ3) is 4.04. The molecule has 1 heterocycles. The fourth-order valence-corrected chi connectivity index (χ4v) is 3.54. The number of nitro groups is 1. The van der Waals surface area contributed by atoms with Crippen LogP contribution in [0, 0.1) is 10.1 Å². The maximum atomic E-state index is 12.6. The first-order valence-corrected chi connectivity index (χ1v) is 9.05. The number of amides is 1. The van der Waals surface area contributed by atoms with Crippen LogP contribution < -0.4 is 5.32 Å². The zero-order valence-electron chi connectivity index (χ0n) is 15.9. The van der Waals surface area contributed by atoms with Gasteiger partial charge in [0, 0.05) is 61.8 Å². The Kier molecular flexibility index (Phi) is 6.06. The lowest BCUT2D eigenvalue weighted by molar-refractivity contribution is -0.385. The van der Waals surface area contributed by atoms with Gasteiger partial charge in [-0.15, -0.1) is 0 Å². The summed E-state index contributed by atoms with van der Waals surface area (Å²) >= 11 is 0. The van der Waals surface area contributed by atoms with Crippen molar-refractivity contribution >= 4 is 22.5 Å². The predicted molar refractivity (Wildman–Crippen MR) is 107 cm³/mol. The number of ether oxygens (including phenoxy) is 1.